The van der Waals surface area contributed by atoms with Crippen LogP contribution in [0.5, 0.6) is 0 Å². The molecule has 0 aromatic heterocycles. The summed E-state index contributed by atoms with van der Waals surface area (Å²) in [7, 11) is -7.19. The van der Waals surface area contributed by atoms with Crippen molar-refractivity contribution in [3.05, 3.63) is 33.9 Å². The van der Waals surface area contributed by atoms with Gasteiger partial charge in [0.1, 0.15) is 0 Å². The Balaban J connectivity index is 2.18. The lowest BCUT2D eigenvalue weighted by atomic mass is 10.1. The van der Waals surface area contributed by atoms with Crippen molar-refractivity contribution >= 4 is 25.7 Å². The molecular weight excluding hydrogens is 358 g/mol. The molecule has 1 fully saturated rings. The maximum atomic E-state index is 12.6. The van der Waals surface area contributed by atoms with Gasteiger partial charge in [-0.2, -0.15) is 4.31 Å². The van der Waals surface area contributed by atoms with Crippen LogP contribution < -0.4 is 4.72 Å². The summed E-state index contributed by atoms with van der Waals surface area (Å²) in [5, 5.41) is 11.0. The van der Waals surface area contributed by atoms with Crippen LogP contribution in [0.4, 0.5) is 5.69 Å². The van der Waals surface area contributed by atoms with Crippen LogP contribution in [0, 0.1) is 17.0 Å². The van der Waals surface area contributed by atoms with Crippen molar-refractivity contribution in [2.75, 3.05) is 19.3 Å². The van der Waals surface area contributed by atoms with Crippen LogP contribution in [0.1, 0.15) is 18.4 Å². The average Bonchev–Trinajstić information content (AvgIpc) is 2.46. The first-order chi connectivity index (χ1) is 11.0. The van der Waals surface area contributed by atoms with E-state index in [1.54, 1.807) is 0 Å². The van der Waals surface area contributed by atoms with E-state index in [-0.39, 0.29) is 29.7 Å². The van der Waals surface area contributed by atoms with Crippen molar-refractivity contribution in [1.82, 2.24) is 9.03 Å². The Labute approximate surface area is 140 Å². The van der Waals surface area contributed by atoms with Gasteiger partial charge >= 0.3 is 0 Å². The van der Waals surface area contributed by atoms with Gasteiger partial charge in [-0.3, -0.25) is 10.1 Å². The highest BCUT2D eigenvalue weighted by Gasteiger charge is 2.31. The number of rotatable bonds is 5. The van der Waals surface area contributed by atoms with E-state index < -0.39 is 25.0 Å². The van der Waals surface area contributed by atoms with Crippen molar-refractivity contribution in [2.24, 2.45) is 0 Å². The molecule has 1 aromatic carbocycles. The minimum atomic E-state index is -3.85. The molecule has 11 heteroatoms. The third-order valence-corrected chi connectivity index (χ3v) is 6.51. The number of piperidine rings is 1. The number of hydrogen-bond donors (Lipinski definition) is 1. The zero-order valence-electron chi connectivity index (χ0n) is 13.3. The molecule has 1 saturated heterocycles. The lowest BCUT2D eigenvalue weighted by Crippen LogP contribution is -2.46. The van der Waals surface area contributed by atoms with E-state index in [2.05, 4.69) is 4.72 Å². The summed E-state index contributed by atoms with van der Waals surface area (Å²) in [5.74, 6) is 0. The fourth-order valence-electron chi connectivity index (χ4n) is 2.61. The summed E-state index contributed by atoms with van der Waals surface area (Å²) in [5.41, 5.74) is 0.139. The summed E-state index contributed by atoms with van der Waals surface area (Å²) in [6, 6.07) is 3.51. The molecule has 24 heavy (non-hydrogen) atoms. The van der Waals surface area contributed by atoms with Gasteiger partial charge in [-0.25, -0.2) is 21.6 Å². The van der Waals surface area contributed by atoms with E-state index in [4.69, 9.17) is 0 Å². The lowest BCUT2D eigenvalue weighted by molar-refractivity contribution is -0.385. The zero-order chi connectivity index (χ0) is 18.1. The largest absolute Gasteiger partial charge is 0.273 e. The van der Waals surface area contributed by atoms with Crippen LogP contribution in [0.3, 0.4) is 0 Å². The Hall–Kier alpha value is -1.56. The monoisotopic (exact) mass is 377 g/mol. The molecule has 0 amide bonds. The highest BCUT2D eigenvalue weighted by atomic mass is 32.2. The molecule has 1 heterocycles. The lowest BCUT2D eigenvalue weighted by Gasteiger charge is -2.31. The standard InChI is InChI=1S/C13H19N3O6S2/c1-10-3-4-12(9-13(10)16(17)18)24(21,22)15-7-5-11(6-8-15)14-23(2,19)20/h3-4,9,11,14H,5-8H2,1-2H3. The molecule has 9 nitrogen and oxygen atoms in total. The molecule has 134 valence electrons. The fourth-order valence-corrected chi connectivity index (χ4v) is 4.94. The average molecular weight is 377 g/mol. The van der Waals surface area contributed by atoms with Crippen molar-refractivity contribution in [2.45, 2.75) is 30.7 Å². The molecule has 0 saturated carbocycles. The molecule has 1 aliphatic rings. The number of nitro groups is 1. The van der Waals surface area contributed by atoms with E-state index in [0.717, 1.165) is 12.3 Å². The SMILES string of the molecule is Cc1ccc(S(=O)(=O)N2CCC(NS(C)(=O)=O)CC2)cc1[N+](=O)[O-]. The van der Waals surface area contributed by atoms with Crippen molar-refractivity contribution in [3.8, 4) is 0 Å². The van der Waals surface area contributed by atoms with Crippen LogP contribution in [-0.4, -0.2) is 51.5 Å². The van der Waals surface area contributed by atoms with Crippen LogP contribution in [0.2, 0.25) is 0 Å². The Bertz CT molecular complexity index is 842. The molecule has 0 aliphatic carbocycles. The molecule has 1 aliphatic heterocycles. The maximum absolute atomic E-state index is 12.6. The van der Waals surface area contributed by atoms with Gasteiger partial charge in [-0.15, -0.1) is 0 Å². The molecule has 2 rings (SSSR count). The minimum Gasteiger partial charge on any atom is -0.258 e. The van der Waals surface area contributed by atoms with Gasteiger partial charge in [0.15, 0.2) is 0 Å². The predicted molar refractivity (Wildman–Crippen MR) is 87.6 cm³/mol. The third kappa shape index (κ3) is 4.29. The fraction of sp³-hybridized carbons (Fsp3) is 0.538. The van der Waals surface area contributed by atoms with E-state index in [1.165, 1.54) is 23.4 Å². The second-order valence-corrected chi connectivity index (χ2v) is 9.49. The summed E-state index contributed by atoms with van der Waals surface area (Å²) in [6.07, 6.45) is 1.75. The number of nitrogens with zero attached hydrogens (tertiary/aromatic N) is 2. The summed E-state index contributed by atoms with van der Waals surface area (Å²) in [4.78, 5) is 10.2. The zero-order valence-corrected chi connectivity index (χ0v) is 14.9. The van der Waals surface area contributed by atoms with Gasteiger partial charge in [-0.1, -0.05) is 6.07 Å². The third-order valence-electron chi connectivity index (χ3n) is 3.85. The molecule has 1 N–H and O–H groups in total. The number of benzene rings is 1. The van der Waals surface area contributed by atoms with Crippen molar-refractivity contribution in [1.29, 1.82) is 0 Å². The first-order valence-electron chi connectivity index (χ1n) is 7.23. The van der Waals surface area contributed by atoms with E-state index >= 15 is 0 Å². The maximum Gasteiger partial charge on any atom is 0.273 e. The molecule has 0 unspecified atom stereocenters. The molecule has 0 spiro atoms. The number of nitro benzene ring substituents is 1. The second-order valence-electron chi connectivity index (χ2n) is 5.77. The van der Waals surface area contributed by atoms with Gasteiger partial charge < -0.3 is 0 Å². The first-order valence-corrected chi connectivity index (χ1v) is 10.6. The van der Waals surface area contributed by atoms with Gasteiger partial charge in [0.2, 0.25) is 20.0 Å². The molecule has 0 atom stereocenters. The number of hydrogen-bond acceptors (Lipinski definition) is 6. The summed E-state index contributed by atoms with van der Waals surface area (Å²) in [6.45, 7) is 1.84. The normalized spacial score (nSPS) is 17.8. The predicted octanol–water partition coefficient (Wildman–Crippen LogP) is 0.606. The molecule has 0 radical (unpaired) electrons. The Morgan fingerprint density at radius 2 is 1.79 bits per heavy atom. The summed E-state index contributed by atoms with van der Waals surface area (Å²) < 4.78 is 51.4. The first kappa shape index (κ1) is 18.8. The van der Waals surface area contributed by atoms with E-state index in [9.17, 15) is 26.9 Å². The highest BCUT2D eigenvalue weighted by molar-refractivity contribution is 7.89. The molecule has 1 aromatic rings. The molecular formula is C13H19N3O6S2. The Kier molecular flexibility index (Phi) is 5.28. The quantitative estimate of drug-likeness (QED) is 0.591. The van der Waals surface area contributed by atoms with E-state index in [1.807, 2.05) is 0 Å². The van der Waals surface area contributed by atoms with Crippen molar-refractivity contribution in [3.63, 3.8) is 0 Å². The van der Waals surface area contributed by atoms with E-state index in [0.29, 0.717) is 18.4 Å². The highest BCUT2D eigenvalue weighted by Crippen LogP contribution is 2.26. The second kappa shape index (κ2) is 6.75. The van der Waals surface area contributed by atoms with Crippen molar-refractivity contribution < 1.29 is 21.8 Å². The number of sulfonamides is 2. The van der Waals surface area contributed by atoms with Gasteiger partial charge in [-0.05, 0) is 25.8 Å². The number of nitrogens with one attached hydrogen (secondary N) is 1. The minimum absolute atomic E-state index is 0.130. The Morgan fingerprint density at radius 3 is 2.29 bits per heavy atom. The molecule has 0 bridgehead atoms. The Morgan fingerprint density at radius 1 is 1.21 bits per heavy atom. The van der Waals surface area contributed by atoms with Crippen LogP contribution in [0.15, 0.2) is 23.1 Å². The smallest absolute Gasteiger partial charge is 0.258 e. The van der Waals surface area contributed by atoms with Gasteiger partial charge in [0.25, 0.3) is 5.69 Å². The van der Waals surface area contributed by atoms with Crippen LogP contribution in [0.25, 0.3) is 0 Å². The van der Waals surface area contributed by atoms with Gasteiger partial charge in [0.05, 0.1) is 16.1 Å². The van der Waals surface area contributed by atoms with Gasteiger partial charge in [0, 0.05) is 30.8 Å². The summed E-state index contributed by atoms with van der Waals surface area (Å²) >= 11 is 0. The van der Waals surface area contributed by atoms with Crippen LogP contribution >= 0.6 is 0 Å². The topological polar surface area (TPSA) is 127 Å². The number of aryl methyl sites for hydroxylation is 1. The van der Waals surface area contributed by atoms with Crippen LogP contribution in [-0.2, 0) is 20.0 Å².